The van der Waals surface area contributed by atoms with Gasteiger partial charge >= 0.3 is 0 Å². The second-order valence-corrected chi connectivity index (χ2v) is 11.4. The minimum Gasteiger partial charge on any atom is -0.467 e. The largest absolute Gasteiger partial charge is 0.467 e. The first-order valence-electron chi connectivity index (χ1n) is 13.9. The molecule has 216 valence electrons. The van der Waals surface area contributed by atoms with E-state index in [1.807, 2.05) is 84.4 Å². The third kappa shape index (κ3) is 5.14. The van der Waals surface area contributed by atoms with Gasteiger partial charge in [0.15, 0.2) is 11.5 Å². The van der Waals surface area contributed by atoms with E-state index in [2.05, 4.69) is 5.32 Å². The Bertz CT molecular complexity index is 1800. The smallest absolute Gasteiger partial charge is 0.240 e. The van der Waals surface area contributed by atoms with Crippen LogP contribution in [0.25, 0.3) is 16.9 Å². The summed E-state index contributed by atoms with van der Waals surface area (Å²) < 4.78 is 18.5. The molecule has 43 heavy (non-hydrogen) atoms. The van der Waals surface area contributed by atoms with E-state index >= 15 is 0 Å². The number of hydrogen-bond acceptors (Lipinski definition) is 7. The van der Waals surface area contributed by atoms with Gasteiger partial charge < -0.3 is 19.2 Å². The first-order chi connectivity index (χ1) is 21.1. The molecule has 7 rings (SSSR count). The van der Waals surface area contributed by atoms with Crippen molar-refractivity contribution in [1.29, 1.82) is 0 Å². The molecule has 9 nitrogen and oxygen atoms in total. The Kier molecular flexibility index (Phi) is 7.12. The molecule has 0 spiro atoms. The normalized spacial score (nSPS) is 15.7. The fraction of sp³-hybridized carbons (Fsp3) is 0.182. The molecular formula is C33H28N4O5S. The monoisotopic (exact) mass is 592 g/mol. The van der Waals surface area contributed by atoms with E-state index in [1.165, 1.54) is 11.8 Å². The van der Waals surface area contributed by atoms with E-state index in [0.717, 1.165) is 33.6 Å². The maximum Gasteiger partial charge on any atom is 0.240 e. The van der Waals surface area contributed by atoms with Crippen molar-refractivity contribution < 1.29 is 23.5 Å². The first-order valence-corrected chi connectivity index (χ1v) is 15.0. The van der Waals surface area contributed by atoms with Gasteiger partial charge in [-0.1, -0.05) is 54.6 Å². The minimum atomic E-state index is -0.305. The summed E-state index contributed by atoms with van der Waals surface area (Å²) in [5.74, 6) is 2.23. The maximum absolute atomic E-state index is 13.9. The number of nitrogens with zero attached hydrogens (tertiary/aromatic N) is 3. The van der Waals surface area contributed by atoms with Crippen LogP contribution < -0.4 is 19.7 Å². The molecule has 0 saturated carbocycles. The van der Waals surface area contributed by atoms with Crippen LogP contribution in [0.15, 0.2) is 95.6 Å². The number of anilines is 1. The molecule has 0 aliphatic carbocycles. The van der Waals surface area contributed by atoms with Crippen molar-refractivity contribution in [3.8, 4) is 28.4 Å². The van der Waals surface area contributed by atoms with Gasteiger partial charge in [0.2, 0.25) is 18.6 Å². The standard InChI is InChI=1S/C33H28N4O5S/c1-21-8-5-6-12-25(21)37-33-30(31(35-37)22-9-3-2-4-10-22)32(23-13-14-26-27(16-23)42-20-41-26)43-19-29(39)36(33)18-28(38)34-17-24-11-7-15-40-24/h2-16,32H,17-20H2,1H3,(H,34,38). The van der Waals surface area contributed by atoms with Gasteiger partial charge in [-0.25, -0.2) is 4.68 Å². The number of ether oxygens (including phenoxy) is 2. The molecule has 5 aromatic rings. The lowest BCUT2D eigenvalue weighted by molar-refractivity contribution is -0.123. The maximum atomic E-state index is 13.9. The number of carbonyl (C=O) groups excluding carboxylic acids is 2. The zero-order chi connectivity index (χ0) is 29.3. The van der Waals surface area contributed by atoms with Crippen molar-refractivity contribution >= 4 is 29.4 Å². The van der Waals surface area contributed by atoms with E-state index in [4.69, 9.17) is 19.0 Å². The molecule has 0 bridgehead atoms. The van der Waals surface area contributed by atoms with Crippen LogP contribution >= 0.6 is 11.8 Å². The summed E-state index contributed by atoms with van der Waals surface area (Å²) in [7, 11) is 0. The lowest BCUT2D eigenvalue weighted by Gasteiger charge is -2.23. The number of nitrogens with one attached hydrogen (secondary N) is 1. The number of fused-ring (bicyclic) bond motifs is 2. The zero-order valence-corrected chi connectivity index (χ0v) is 24.2. The number of para-hydroxylation sites is 1. The van der Waals surface area contributed by atoms with Gasteiger partial charge in [0.1, 0.15) is 18.1 Å². The van der Waals surface area contributed by atoms with E-state index in [1.54, 1.807) is 23.3 Å². The van der Waals surface area contributed by atoms with Crippen LogP contribution in [-0.2, 0) is 16.1 Å². The number of furan rings is 1. The molecule has 2 aliphatic heterocycles. The van der Waals surface area contributed by atoms with Crippen LogP contribution in [0.1, 0.15) is 27.7 Å². The molecule has 4 heterocycles. The van der Waals surface area contributed by atoms with Gasteiger partial charge in [0.05, 0.1) is 35.2 Å². The Labute approximate surface area is 252 Å². The minimum absolute atomic E-state index is 0.168. The van der Waals surface area contributed by atoms with Crippen LogP contribution in [-0.4, -0.2) is 40.7 Å². The summed E-state index contributed by atoms with van der Waals surface area (Å²) in [6.45, 7) is 2.23. The summed E-state index contributed by atoms with van der Waals surface area (Å²) >= 11 is 1.51. The lowest BCUT2D eigenvalue weighted by atomic mass is 9.99. The predicted octanol–water partition coefficient (Wildman–Crippen LogP) is 5.66. The second-order valence-electron chi connectivity index (χ2n) is 10.3. The number of benzene rings is 3. The molecule has 2 aliphatic rings. The van der Waals surface area contributed by atoms with Gasteiger partial charge in [-0.2, -0.15) is 5.10 Å². The predicted molar refractivity (Wildman–Crippen MR) is 164 cm³/mol. The number of carbonyl (C=O) groups is 2. The van der Waals surface area contributed by atoms with Crippen LogP contribution in [0.4, 0.5) is 5.82 Å². The molecule has 1 atom stereocenters. The SMILES string of the molecule is Cc1ccccc1-n1nc(-c2ccccc2)c2c1N(CC(=O)NCc1ccco1)C(=O)CSC2c1ccc2c(c1)OCO2. The lowest BCUT2D eigenvalue weighted by Crippen LogP contribution is -2.42. The van der Waals surface area contributed by atoms with Crippen molar-refractivity contribution in [2.75, 3.05) is 24.0 Å². The molecule has 0 fully saturated rings. The summed E-state index contributed by atoms with van der Waals surface area (Å²) in [5.41, 5.74) is 5.26. The highest BCUT2D eigenvalue weighted by Gasteiger charge is 2.38. The van der Waals surface area contributed by atoms with Gasteiger partial charge in [-0.3, -0.25) is 14.5 Å². The second kappa shape index (κ2) is 11.4. The average Bonchev–Trinajstić information content (AvgIpc) is 3.78. The first kappa shape index (κ1) is 26.9. The molecule has 1 unspecified atom stereocenters. The molecule has 10 heteroatoms. The highest BCUT2D eigenvalue weighted by Crippen LogP contribution is 2.50. The summed E-state index contributed by atoms with van der Waals surface area (Å²) in [6.07, 6.45) is 1.56. The van der Waals surface area contributed by atoms with E-state index in [0.29, 0.717) is 23.1 Å². The Morgan fingerprint density at radius 1 is 1.00 bits per heavy atom. The van der Waals surface area contributed by atoms with Gasteiger partial charge in [0, 0.05) is 11.1 Å². The highest BCUT2D eigenvalue weighted by atomic mass is 32.2. The van der Waals surface area contributed by atoms with E-state index < -0.39 is 0 Å². The Balaban J connectivity index is 1.41. The summed E-state index contributed by atoms with van der Waals surface area (Å²) in [4.78, 5) is 28.8. The van der Waals surface area contributed by atoms with Crippen molar-refractivity contribution in [2.24, 2.45) is 0 Å². The number of aryl methyl sites for hydroxylation is 1. The molecule has 1 N–H and O–H groups in total. The summed E-state index contributed by atoms with van der Waals surface area (Å²) in [6, 6.07) is 27.3. The van der Waals surface area contributed by atoms with E-state index in [9.17, 15) is 9.59 Å². The fourth-order valence-corrected chi connectivity index (χ4v) is 6.62. The number of aromatic nitrogens is 2. The van der Waals surface area contributed by atoms with Crippen LogP contribution in [0, 0.1) is 6.92 Å². The molecule has 2 amide bonds. The van der Waals surface area contributed by atoms with Gasteiger partial charge in [-0.15, -0.1) is 11.8 Å². The number of hydrogen-bond donors (Lipinski definition) is 1. The van der Waals surface area contributed by atoms with Gasteiger partial charge in [0.25, 0.3) is 0 Å². The third-order valence-corrected chi connectivity index (χ3v) is 8.78. The number of rotatable bonds is 7. The Hall–Kier alpha value is -4.96. The molecule has 3 aromatic carbocycles. The average molecular weight is 593 g/mol. The molecule has 0 radical (unpaired) electrons. The van der Waals surface area contributed by atoms with Crippen molar-refractivity contribution in [3.63, 3.8) is 0 Å². The number of amides is 2. The Morgan fingerprint density at radius 3 is 2.63 bits per heavy atom. The topological polar surface area (TPSA) is 98.8 Å². The molecular weight excluding hydrogens is 564 g/mol. The van der Waals surface area contributed by atoms with Crippen LogP contribution in [0.2, 0.25) is 0 Å². The summed E-state index contributed by atoms with van der Waals surface area (Å²) in [5, 5.41) is 7.78. The van der Waals surface area contributed by atoms with Crippen molar-refractivity contribution in [3.05, 3.63) is 114 Å². The highest BCUT2D eigenvalue weighted by molar-refractivity contribution is 8.00. The van der Waals surface area contributed by atoms with Crippen molar-refractivity contribution in [2.45, 2.75) is 18.7 Å². The van der Waals surface area contributed by atoms with Crippen molar-refractivity contribution in [1.82, 2.24) is 15.1 Å². The quantitative estimate of drug-likeness (QED) is 0.261. The molecule has 0 saturated heterocycles. The third-order valence-electron chi connectivity index (χ3n) is 7.52. The van der Waals surface area contributed by atoms with Crippen LogP contribution in [0.5, 0.6) is 11.5 Å². The fourth-order valence-electron chi connectivity index (χ4n) is 5.44. The van der Waals surface area contributed by atoms with Gasteiger partial charge in [-0.05, 0) is 48.4 Å². The van der Waals surface area contributed by atoms with Crippen LogP contribution in [0.3, 0.4) is 0 Å². The number of thioether (sulfide) groups is 1. The Morgan fingerprint density at radius 2 is 1.81 bits per heavy atom. The zero-order valence-electron chi connectivity index (χ0n) is 23.4. The van der Waals surface area contributed by atoms with E-state index in [-0.39, 0.29) is 42.7 Å². The molecule has 2 aromatic heterocycles.